The number of aryl methyl sites for hydroxylation is 1. The highest BCUT2D eigenvalue weighted by molar-refractivity contribution is 6.06. The van der Waals surface area contributed by atoms with E-state index < -0.39 is 0 Å². The molecule has 0 aliphatic heterocycles. The minimum atomic E-state index is -0.327. The molecule has 39 heavy (non-hydrogen) atoms. The highest BCUT2D eigenvalue weighted by Gasteiger charge is 2.51. The van der Waals surface area contributed by atoms with Crippen LogP contribution in [0.4, 0.5) is 0 Å². The Hall–Kier alpha value is -4.88. The second-order valence-electron chi connectivity index (χ2n) is 11.0. The second-order valence-corrected chi connectivity index (χ2v) is 11.0. The van der Waals surface area contributed by atoms with E-state index in [1.54, 1.807) is 0 Å². The number of rotatable bonds is 1. The lowest BCUT2D eigenvalue weighted by molar-refractivity contribution is 0.669. The molecule has 1 heteroatoms. The van der Waals surface area contributed by atoms with Crippen LogP contribution in [0.25, 0.3) is 55.3 Å². The SMILES string of the molecule is Cc1ccc2c(c1)C1(c3ccccc3-c3ccccc31)c1cc(-c3ccc4oc5ccccc5c4c3)ccc1-2. The van der Waals surface area contributed by atoms with Gasteiger partial charge in [0.25, 0.3) is 0 Å². The van der Waals surface area contributed by atoms with E-state index in [0.717, 1.165) is 21.9 Å². The van der Waals surface area contributed by atoms with Crippen LogP contribution in [0.1, 0.15) is 27.8 Å². The van der Waals surface area contributed by atoms with Gasteiger partial charge in [-0.15, -0.1) is 0 Å². The first-order chi connectivity index (χ1) is 19.2. The normalized spacial score (nSPS) is 14.0. The third kappa shape index (κ3) is 2.60. The van der Waals surface area contributed by atoms with Gasteiger partial charge in [0.1, 0.15) is 11.2 Å². The van der Waals surface area contributed by atoms with Crippen LogP contribution in [-0.2, 0) is 5.41 Å². The summed E-state index contributed by atoms with van der Waals surface area (Å²) < 4.78 is 6.13. The van der Waals surface area contributed by atoms with Crippen LogP contribution in [0.2, 0.25) is 0 Å². The third-order valence-corrected chi connectivity index (χ3v) is 8.96. The first-order valence-corrected chi connectivity index (χ1v) is 13.6. The van der Waals surface area contributed by atoms with E-state index in [9.17, 15) is 0 Å². The Kier molecular flexibility index (Phi) is 3.98. The van der Waals surface area contributed by atoms with Crippen molar-refractivity contribution in [2.24, 2.45) is 0 Å². The highest BCUT2D eigenvalue weighted by atomic mass is 16.3. The van der Waals surface area contributed by atoms with Crippen molar-refractivity contribution in [3.63, 3.8) is 0 Å². The summed E-state index contributed by atoms with van der Waals surface area (Å²) in [4.78, 5) is 0. The zero-order chi connectivity index (χ0) is 25.7. The van der Waals surface area contributed by atoms with Crippen LogP contribution in [0.5, 0.6) is 0 Å². The fourth-order valence-electron chi connectivity index (χ4n) is 7.34. The molecule has 0 saturated carbocycles. The van der Waals surface area contributed by atoms with Gasteiger partial charge in [-0.25, -0.2) is 0 Å². The molecule has 1 heterocycles. The van der Waals surface area contributed by atoms with Crippen LogP contribution in [0, 0.1) is 6.92 Å². The van der Waals surface area contributed by atoms with Gasteiger partial charge < -0.3 is 4.42 Å². The van der Waals surface area contributed by atoms with Gasteiger partial charge in [0.05, 0.1) is 5.41 Å². The molecule has 1 aromatic heterocycles. The number of fused-ring (bicyclic) bond motifs is 13. The van der Waals surface area contributed by atoms with Crippen molar-refractivity contribution in [3.05, 3.63) is 155 Å². The smallest absolute Gasteiger partial charge is 0.135 e. The lowest BCUT2D eigenvalue weighted by Crippen LogP contribution is -2.26. The van der Waals surface area contributed by atoms with Gasteiger partial charge in [-0.05, 0) is 86.8 Å². The Balaban J connectivity index is 1.36. The minimum Gasteiger partial charge on any atom is -0.456 e. The quantitative estimate of drug-likeness (QED) is 0.220. The first-order valence-electron chi connectivity index (χ1n) is 13.6. The molecular formula is C38H24O. The summed E-state index contributed by atoms with van der Waals surface area (Å²) in [6.45, 7) is 2.21. The van der Waals surface area contributed by atoms with Gasteiger partial charge in [0.15, 0.2) is 0 Å². The van der Waals surface area contributed by atoms with E-state index in [1.165, 1.54) is 61.2 Å². The maximum absolute atomic E-state index is 6.13. The first kappa shape index (κ1) is 21.1. The maximum atomic E-state index is 6.13. The molecule has 0 fully saturated rings. The molecule has 2 aliphatic carbocycles. The molecule has 7 aromatic rings. The van der Waals surface area contributed by atoms with Crippen LogP contribution in [0.3, 0.4) is 0 Å². The zero-order valence-electron chi connectivity index (χ0n) is 21.5. The van der Waals surface area contributed by atoms with Crippen LogP contribution in [-0.4, -0.2) is 0 Å². The Labute approximate surface area is 227 Å². The Morgan fingerprint density at radius 2 is 1.00 bits per heavy atom. The fraction of sp³-hybridized carbons (Fsp3) is 0.0526. The van der Waals surface area contributed by atoms with Crippen molar-refractivity contribution < 1.29 is 4.42 Å². The minimum absolute atomic E-state index is 0.327. The molecule has 0 saturated heterocycles. The number of para-hydroxylation sites is 1. The van der Waals surface area contributed by atoms with Gasteiger partial charge in [-0.1, -0.05) is 109 Å². The summed E-state index contributed by atoms with van der Waals surface area (Å²) in [6, 6.07) is 47.0. The van der Waals surface area contributed by atoms with E-state index in [-0.39, 0.29) is 5.41 Å². The molecule has 1 spiro atoms. The molecule has 9 rings (SSSR count). The summed E-state index contributed by atoms with van der Waals surface area (Å²) in [5, 5.41) is 2.32. The lowest BCUT2D eigenvalue weighted by atomic mass is 9.70. The fourth-order valence-corrected chi connectivity index (χ4v) is 7.34. The molecule has 1 nitrogen and oxygen atoms in total. The van der Waals surface area contributed by atoms with E-state index in [4.69, 9.17) is 4.42 Å². The third-order valence-electron chi connectivity index (χ3n) is 8.96. The molecule has 6 aromatic carbocycles. The molecule has 0 unspecified atom stereocenters. The lowest BCUT2D eigenvalue weighted by Gasteiger charge is -2.31. The molecule has 0 radical (unpaired) electrons. The van der Waals surface area contributed by atoms with Crippen molar-refractivity contribution in [1.29, 1.82) is 0 Å². The standard InChI is InChI=1S/C38H24O/c1-23-14-17-28-29-18-15-25(24-16-19-37-31(21-24)30-10-4-7-13-36(30)39-37)22-35(29)38(34(28)20-23)32-11-5-2-8-26(32)27-9-3-6-12-33(27)38/h2-22H,1H3. The van der Waals surface area contributed by atoms with E-state index in [2.05, 4.69) is 122 Å². The predicted molar refractivity (Wildman–Crippen MR) is 160 cm³/mol. The average molecular weight is 497 g/mol. The zero-order valence-corrected chi connectivity index (χ0v) is 21.5. The number of benzene rings is 6. The van der Waals surface area contributed by atoms with E-state index in [0.29, 0.717) is 0 Å². The molecule has 0 N–H and O–H groups in total. The van der Waals surface area contributed by atoms with Crippen molar-refractivity contribution in [1.82, 2.24) is 0 Å². The van der Waals surface area contributed by atoms with Crippen LogP contribution in [0.15, 0.2) is 132 Å². The van der Waals surface area contributed by atoms with Gasteiger partial charge in [-0.2, -0.15) is 0 Å². The van der Waals surface area contributed by atoms with Crippen LogP contribution < -0.4 is 0 Å². The summed E-state index contributed by atoms with van der Waals surface area (Å²) in [6.07, 6.45) is 0. The topological polar surface area (TPSA) is 13.1 Å². The molecule has 0 atom stereocenters. The van der Waals surface area contributed by atoms with Crippen molar-refractivity contribution >= 4 is 21.9 Å². The summed E-state index contributed by atoms with van der Waals surface area (Å²) >= 11 is 0. The molecule has 2 aliphatic rings. The van der Waals surface area contributed by atoms with Crippen LogP contribution >= 0.6 is 0 Å². The van der Waals surface area contributed by atoms with E-state index in [1.807, 2.05) is 12.1 Å². The molecular weight excluding hydrogens is 472 g/mol. The van der Waals surface area contributed by atoms with E-state index >= 15 is 0 Å². The van der Waals surface area contributed by atoms with Crippen molar-refractivity contribution in [3.8, 4) is 33.4 Å². The Morgan fingerprint density at radius 1 is 0.436 bits per heavy atom. The summed E-state index contributed by atoms with van der Waals surface area (Å²) in [5.74, 6) is 0. The number of hydrogen-bond acceptors (Lipinski definition) is 1. The summed E-state index contributed by atoms with van der Waals surface area (Å²) in [5.41, 5.74) is 16.1. The van der Waals surface area contributed by atoms with Gasteiger partial charge in [0, 0.05) is 10.8 Å². The predicted octanol–water partition coefficient (Wildman–Crippen LogP) is 9.90. The number of hydrogen-bond donors (Lipinski definition) is 0. The monoisotopic (exact) mass is 496 g/mol. The van der Waals surface area contributed by atoms with Gasteiger partial charge >= 0.3 is 0 Å². The van der Waals surface area contributed by atoms with Gasteiger partial charge in [-0.3, -0.25) is 0 Å². The molecule has 0 bridgehead atoms. The van der Waals surface area contributed by atoms with Crippen molar-refractivity contribution in [2.75, 3.05) is 0 Å². The Bertz CT molecular complexity index is 2100. The number of furan rings is 1. The second kappa shape index (κ2) is 7.36. The largest absolute Gasteiger partial charge is 0.456 e. The highest BCUT2D eigenvalue weighted by Crippen LogP contribution is 2.63. The van der Waals surface area contributed by atoms with Crippen molar-refractivity contribution in [2.45, 2.75) is 12.3 Å². The van der Waals surface area contributed by atoms with Gasteiger partial charge in [0.2, 0.25) is 0 Å². The summed E-state index contributed by atoms with van der Waals surface area (Å²) in [7, 11) is 0. The maximum Gasteiger partial charge on any atom is 0.135 e. The Morgan fingerprint density at radius 3 is 1.79 bits per heavy atom. The molecule has 0 amide bonds. The molecule has 182 valence electrons. The average Bonchev–Trinajstić information content (AvgIpc) is 3.60.